The molecule has 0 unspecified atom stereocenters. The van der Waals surface area contributed by atoms with Crippen molar-refractivity contribution in [1.82, 2.24) is 14.3 Å². The van der Waals surface area contributed by atoms with E-state index in [1.807, 2.05) is 5.38 Å². The van der Waals surface area contributed by atoms with Crippen LogP contribution in [0.2, 0.25) is 0 Å². The number of rotatable bonds is 5. The number of hydrogen-bond acceptors (Lipinski definition) is 6. The number of hydrogen-bond donors (Lipinski definition) is 1. The highest BCUT2D eigenvalue weighted by Crippen LogP contribution is 2.25. The van der Waals surface area contributed by atoms with Crippen LogP contribution in [0.25, 0.3) is 0 Å². The Hall–Kier alpha value is -1.03. The van der Waals surface area contributed by atoms with Gasteiger partial charge in [0.25, 0.3) is 0 Å². The van der Waals surface area contributed by atoms with Gasteiger partial charge >= 0.3 is 0 Å². The normalized spacial score (nSPS) is 11.8. The smallest absolute Gasteiger partial charge is 0.246 e. The number of sulfonamides is 1. The predicted molar refractivity (Wildman–Crippen MR) is 82.3 cm³/mol. The van der Waals surface area contributed by atoms with Gasteiger partial charge in [0.1, 0.15) is 10.7 Å². The Morgan fingerprint density at radius 1 is 1.45 bits per heavy atom. The molecule has 2 rings (SSSR count). The Morgan fingerprint density at radius 2 is 2.20 bits per heavy atom. The molecule has 0 fully saturated rings. The lowest BCUT2D eigenvalue weighted by Gasteiger charge is -2.18. The van der Waals surface area contributed by atoms with Gasteiger partial charge in [-0.2, -0.15) is 4.31 Å². The van der Waals surface area contributed by atoms with Crippen LogP contribution in [0.3, 0.4) is 0 Å². The van der Waals surface area contributed by atoms with E-state index < -0.39 is 10.0 Å². The van der Waals surface area contributed by atoms with Crippen molar-refractivity contribution in [2.24, 2.45) is 0 Å². The third-order valence-corrected chi connectivity index (χ3v) is 5.50. The van der Waals surface area contributed by atoms with Crippen LogP contribution in [0.1, 0.15) is 5.69 Å². The molecule has 0 aliphatic carbocycles. The topological polar surface area (TPSA) is 75.2 Å². The summed E-state index contributed by atoms with van der Waals surface area (Å²) in [4.78, 5) is 8.29. The number of anilines is 1. The van der Waals surface area contributed by atoms with Gasteiger partial charge in [-0.3, -0.25) is 0 Å². The van der Waals surface area contributed by atoms with Crippen molar-refractivity contribution in [3.05, 3.63) is 33.3 Å². The first-order valence-corrected chi connectivity index (χ1v) is 8.79. The fourth-order valence-corrected chi connectivity index (χ4v) is 3.95. The fraction of sp³-hybridized carbons (Fsp3) is 0.273. The van der Waals surface area contributed by atoms with E-state index in [0.717, 1.165) is 5.69 Å². The van der Waals surface area contributed by atoms with Gasteiger partial charge in [0.2, 0.25) is 10.0 Å². The van der Waals surface area contributed by atoms with E-state index in [1.165, 1.54) is 28.8 Å². The van der Waals surface area contributed by atoms with Gasteiger partial charge in [-0.15, -0.1) is 11.3 Å². The lowest BCUT2D eigenvalue weighted by atomic mass is 10.4. The number of nitrogens with zero attached hydrogens (tertiary/aromatic N) is 3. The summed E-state index contributed by atoms with van der Waals surface area (Å²) in [7, 11) is -0.480. The minimum atomic E-state index is -3.64. The Bertz CT molecular complexity index is 688. The van der Waals surface area contributed by atoms with Crippen molar-refractivity contribution >= 4 is 43.1 Å². The zero-order chi connectivity index (χ0) is 14.8. The predicted octanol–water partition coefficient (Wildman–Crippen LogP) is 2.16. The summed E-state index contributed by atoms with van der Waals surface area (Å²) in [6, 6.07) is 1.53. The molecule has 20 heavy (non-hydrogen) atoms. The average molecular weight is 377 g/mol. The van der Waals surface area contributed by atoms with E-state index in [-0.39, 0.29) is 11.4 Å². The Kier molecular flexibility index (Phi) is 4.74. The van der Waals surface area contributed by atoms with Crippen LogP contribution < -0.4 is 5.32 Å². The van der Waals surface area contributed by atoms with E-state index in [1.54, 1.807) is 18.8 Å². The van der Waals surface area contributed by atoms with Gasteiger partial charge in [0.05, 0.1) is 17.7 Å². The van der Waals surface area contributed by atoms with E-state index in [2.05, 4.69) is 31.2 Å². The van der Waals surface area contributed by atoms with Crippen LogP contribution in [0.5, 0.6) is 0 Å². The average Bonchev–Trinajstić information content (AvgIpc) is 2.91. The molecule has 0 amide bonds. The molecular weight excluding hydrogens is 364 g/mol. The largest absolute Gasteiger partial charge is 0.372 e. The van der Waals surface area contributed by atoms with E-state index in [9.17, 15) is 8.42 Å². The van der Waals surface area contributed by atoms with Crippen molar-refractivity contribution in [3.8, 4) is 0 Å². The molecule has 1 N–H and O–H groups in total. The van der Waals surface area contributed by atoms with Crippen LogP contribution in [0, 0.1) is 0 Å². The van der Waals surface area contributed by atoms with Crippen molar-refractivity contribution in [1.29, 1.82) is 0 Å². The zero-order valence-electron chi connectivity index (χ0n) is 10.9. The van der Waals surface area contributed by atoms with Crippen LogP contribution in [-0.4, -0.2) is 36.8 Å². The van der Waals surface area contributed by atoms with Crippen molar-refractivity contribution in [2.45, 2.75) is 11.4 Å². The third kappa shape index (κ3) is 3.17. The molecule has 6 nitrogen and oxygen atoms in total. The number of aromatic nitrogens is 2. The highest BCUT2D eigenvalue weighted by atomic mass is 79.9. The number of pyridine rings is 1. The Labute approximate surface area is 130 Å². The molecule has 2 heterocycles. The minimum Gasteiger partial charge on any atom is -0.372 e. The fourth-order valence-electron chi connectivity index (χ4n) is 1.60. The van der Waals surface area contributed by atoms with Gasteiger partial charge in [-0.05, 0) is 22.0 Å². The molecular formula is C11H13BrN4O2S2. The molecule has 108 valence electrons. The second-order valence-electron chi connectivity index (χ2n) is 3.99. The molecule has 2 aromatic heterocycles. The number of nitrogens with one attached hydrogen (secondary N) is 1. The second-order valence-corrected chi connectivity index (χ2v) is 7.64. The number of halogens is 1. The van der Waals surface area contributed by atoms with Gasteiger partial charge in [-0.25, -0.2) is 18.4 Å². The molecule has 0 saturated heterocycles. The van der Waals surface area contributed by atoms with Gasteiger partial charge in [0.15, 0.2) is 0 Å². The summed E-state index contributed by atoms with van der Waals surface area (Å²) >= 11 is 4.68. The van der Waals surface area contributed by atoms with E-state index >= 15 is 0 Å². The molecule has 0 atom stereocenters. The van der Waals surface area contributed by atoms with Gasteiger partial charge < -0.3 is 5.32 Å². The maximum Gasteiger partial charge on any atom is 0.246 e. The van der Waals surface area contributed by atoms with Gasteiger partial charge in [-0.1, -0.05) is 0 Å². The summed E-state index contributed by atoms with van der Waals surface area (Å²) in [5.74, 6) is 0.318. The SMILES string of the molecule is CNc1ncc(Br)cc1S(=O)(=O)N(C)Cc1cscn1. The first-order chi connectivity index (χ1) is 9.45. The first-order valence-electron chi connectivity index (χ1n) is 5.62. The monoisotopic (exact) mass is 376 g/mol. The Balaban J connectivity index is 2.36. The van der Waals surface area contributed by atoms with Crippen LogP contribution in [0.15, 0.2) is 32.5 Å². The molecule has 0 aliphatic heterocycles. The minimum absolute atomic E-state index is 0.132. The zero-order valence-corrected chi connectivity index (χ0v) is 14.1. The maximum absolute atomic E-state index is 12.6. The molecule has 0 radical (unpaired) electrons. The van der Waals surface area contributed by atoms with Crippen molar-refractivity contribution in [2.75, 3.05) is 19.4 Å². The van der Waals surface area contributed by atoms with Crippen LogP contribution in [0.4, 0.5) is 5.82 Å². The third-order valence-electron chi connectivity index (χ3n) is 2.61. The summed E-state index contributed by atoms with van der Waals surface area (Å²) in [6.07, 6.45) is 1.55. The highest BCUT2D eigenvalue weighted by molar-refractivity contribution is 9.10. The molecule has 0 spiro atoms. The molecule has 2 aromatic rings. The van der Waals surface area contributed by atoms with Crippen molar-refractivity contribution in [3.63, 3.8) is 0 Å². The number of thiazole rings is 1. The highest BCUT2D eigenvalue weighted by Gasteiger charge is 2.25. The summed E-state index contributed by atoms with van der Waals surface area (Å²) in [5.41, 5.74) is 2.39. The Morgan fingerprint density at radius 3 is 2.80 bits per heavy atom. The van der Waals surface area contributed by atoms with E-state index in [4.69, 9.17) is 0 Å². The van der Waals surface area contributed by atoms with Crippen LogP contribution in [-0.2, 0) is 16.6 Å². The lowest BCUT2D eigenvalue weighted by molar-refractivity contribution is 0.463. The summed E-state index contributed by atoms with van der Waals surface area (Å²) in [6.45, 7) is 0.224. The molecule has 9 heteroatoms. The first kappa shape index (κ1) is 15.4. The molecule has 0 aromatic carbocycles. The maximum atomic E-state index is 12.6. The van der Waals surface area contributed by atoms with Crippen LogP contribution >= 0.6 is 27.3 Å². The molecule has 0 saturated carbocycles. The lowest BCUT2D eigenvalue weighted by Crippen LogP contribution is -2.27. The quantitative estimate of drug-likeness (QED) is 0.865. The van der Waals surface area contributed by atoms with E-state index in [0.29, 0.717) is 10.3 Å². The molecule has 0 bridgehead atoms. The second kappa shape index (κ2) is 6.17. The van der Waals surface area contributed by atoms with Crippen molar-refractivity contribution < 1.29 is 8.42 Å². The van der Waals surface area contributed by atoms with Gasteiger partial charge in [0, 0.05) is 30.1 Å². The molecule has 0 aliphatic rings. The summed E-state index contributed by atoms with van der Waals surface area (Å²) < 4.78 is 27.0. The standard InChI is InChI=1S/C11H13BrN4O2S2/c1-13-11-10(3-8(12)4-14-11)20(17,18)16(2)5-9-6-19-7-15-9/h3-4,6-7H,5H2,1-2H3,(H,13,14). The summed E-state index contributed by atoms with van der Waals surface area (Å²) in [5, 5.41) is 4.61.